The number of methoxy groups -OCH3 is 1. The lowest BCUT2D eigenvalue weighted by molar-refractivity contribution is 0.202. The number of aryl methyl sites for hydroxylation is 1. The molecule has 0 spiro atoms. The van der Waals surface area contributed by atoms with E-state index in [1.54, 1.807) is 18.4 Å². The van der Waals surface area contributed by atoms with E-state index in [0.717, 1.165) is 47.9 Å². The number of aliphatic hydroxyl groups excluding tert-OH is 1. The smallest absolute Gasteiger partial charge is 0.186 e. The quantitative estimate of drug-likeness (QED) is 0.720. The Hall–Kier alpha value is -0.650. The molecule has 0 amide bonds. The molecule has 0 fully saturated rings. The van der Waals surface area contributed by atoms with Crippen LogP contribution in [0.4, 0.5) is 5.13 Å². The molecule has 0 saturated heterocycles. The third-order valence-electron chi connectivity index (χ3n) is 3.56. The van der Waals surface area contributed by atoms with E-state index in [4.69, 9.17) is 9.72 Å². The molecule has 116 valence electrons. The van der Waals surface area contributed by atoms with Crippen molar-refractivity contribution in [1.82, 2.24) is 4.98 Å². The first-order chi connectivity index (χ1) is 9.71. The van der Waals surface area contributed by atoms with Gasteiger partial charge in [0.2, 0.25) is 0 Å². The van der Waals surface area contributed by atoms with Crippen LogP contribution in [-0.2, 0) is 17.8 Å². The fourth-order valence-corrected chi connectivity index (χ4v) is 3.47. The number of ether oxygens (including phenoxy) is 1. The zero-order chi connectivity index (χ0) is 15.0. The monoisotopic (exact) mass is 300 g/mol. The highest BCUT2D eigenvalue weighted by Gasteiger charge is 2.20. The van der Waals surface area contributed by atoms with Crippen LogP contribution in [0.3, 0.4) is 0 Å². The van der Waals surface area contributed by atoms with Crippen molar-refractivity contribution in [2.75, 3.05) is 25.2 Å². The molecule has 5 heteroatoms. The number of rotatable bonds is 10. The van der Waals surface area contributed by atoms with Gasteiger partial charge in [0.05, 0.1) is 23.8 Å². The van der Waals surface area contributed by atoms with Crippen molar-refractivity contribution < 1.29 is 9.84 Å². The Morgan fingerprint density at radius 1 is 1.30 bits per heavy atom. The maximum absolute atomic E-state index is 9.50. The van der Waals surface area contributed by atoms with Gasteiger partial charge in [0, 0.05) is 19.7 Å². The van der Waals surface area contributed by atoms with E-state index in [9.17, 15) is 5.11 Å². The molecule has 4 nitrogen and oxygen atoms in total. The maximum atomic E-state index is 9.50. The third-order valence-corrected chi connectivity index (χ3v) is 4.68. The minimum atomic E-state index is 0.0913. The third kappa shape index (κ3) is 4.43. The predicted octanol–water partition coefficient (Wildman–Crippen LogP) is 3.23. The van der Waals surface area contributed by atoms with Crippen molar-refractivity contribution in [3.63, 3.8) is 0 Å². The average Bonchev–Trinajstić information content (AvgIpc) is 2.86. The van der Waals surface area contributed by atoms with E-state index in [1.165, 1.54) is 0 Å². The van der Waals surface area contributed by atoms with E-state index in [1.807, 2.05) is 0 Å². The summed E-state index contributed by atoms with van der Waals surface area (Å²) in [6.07, 6.45) is 4.18. The van der Waals surface area contributed by atoms with Gasteiger partial charge in [-0.25, -0.2) is 4.98 Å². The van der Waals surface area contributed by atoms with Gasteiger partial charge in [-0.1, -0.05) is 38.5 Å². The first-order valence-corrected chi connectivity index (χ1v) is 8.38. The summed E-state index contributed by atoms with van der Waals surface area (Å²) in [5.41, 5.74) is 1.06. The molecule has 0 unspecified atom stereocenters. The largest absolute Gasteiger partial charge is 0.391 e. The Kier molecular flexibility index (Phi) is 8.11. The molecule has 1 aromatic heterocycles. The molecular weight excluding hydrogens is 272 g/mol. The fraction of sp³-hybridized carbons (Fsp3) is 0.800. The molecule has 20 heavy (non-hydrogen) atoms. The summed E-state index contributed by atoms with van der Waals surface area (Å²) >= 11 is 1.63. The van der Waals surface area contributed by atoms with Crippen LogP contribution in [0.25, 0.3) is 0 Å². The Morgan fingerprint density at radius 2 is 2.00 bits per heavy atom. The highest BCUT2D eigenvalue weighted by atomic mass is 32.1. The van der Waals surface area contributed by atoms with Gasteiger partial charge in [-0.2, -0.15) is 0 Å². The van der Waals surface area contributed by atoms with E-state index in [0.29, 0.717) is 12.6 Å². The van der Waals surface area contributed by atoms with Crippen LogP contribution in [0.1, 0.15) is 50.6 Å². The maximum Gasteiger partial charge on any atom is 0.186 e. The predicted molar refractivity (Wildman–Crippen MR) is 85.6 cm³/mol. The normalized spacial score (nSPS) is 11.3. The molecule has 0 bridgehead atoms. The summed E-state index contributed by atoms with van der Waals surface area (Å²) in [4.78, 5) is 8.12. The Balaban J connectivity index is 2.99. The molecule has 0 aliphatic carbocycles. The highest BCUT2D eigenvalue weighted by molar-refractivity contribution is 7.15. The van der Waals surface area contributed by atoms with Gasteiger partial charge in [-0.15, -0.1) is 0 Å². The zero-order valence-electron chi connectivity index (χ0n) is 13.2. The van der Waals surface area contributed by atoms with Gasteiger partial charge >= 0.3 is 0 Å². The van der Waals surface area contributed by atoms with E-state index in [-0.39, 0.29) is 6.61 Å². The number of thiazole rings is 1. The van der Waals surface area contributed by atoms with Crippen molar-refractivity contribution in [1.29, 1.82) is 0 Å². The lowest BCUT2D eigenvalue weighted by atomic mass is 10.1. The fourth-order valence-electron chi connectivity index (χ4n) is 2.40. The Morgan fingerprint density at radius 3 is 2.50 bits per heavy atom. The Bertz CT molecular complexity index is 378. The van der Waals surface area contributed by atoms with Gasteiger partial charge in [0.1, 0.15) is 0 Å². The lowest BCUT2D eigenvalue weighted by Crippen LogP contribution is -2.37. The topological polar surface area (TPSA) is 45.6 Å². The number of aliphatic hydroxyl groups is 1. The minimum Gasteiger partial charge on any atom is -0.391 e. The second-order valence-corrected chi connectivity index (χ2v) is 5.99. The summed E-state index contributed by atoms with van der Waals surface area (Å²) in [5, 5.41) is 10.5. The second kappa shape index (κ2) is 9.32. The van der Waals surface area contributed by atoms with Gasteiger partial charge in [0.25, 0.3) is 0 Å². The molecule has 0 aliphatic heterocycles. The molecule has 0 saturated carbocycles. The summed E-state index contributed by atoms with van der Waals surface area (Å²) in [7, 11) is 1.73. The van der Waals surface area contributed by atoms with Crippen molar-refractivity contribution in [3.8, 4) is 0 Å². The van der Waals surface area contributed by atoms with Crippen molar-refractivity contribution >= 4 is 16.5 Å². The Labute approximate surface area is 126 Å². The summed E-state index contributed by atoms with van der Waals surface area (Å²) in [5.74, 6) is 0. The first kappa shape index (κ1) is 17.4. The molecule has 0 aromatic carbocycles. The lowest BCUT2D eigenvalue weighted by Gasteiger charge is -2.30. The number of anilines is 1. The van der Waals surface area contributed by atoms with Crippen molar-refractivity contribution in [2.24, 2.45) is 0 Å². The van der Waals surface area contributed by atoms with Gasteiger partial charge in [-0.05, 0) is 19.3 Å². The minimum absolute atomic E-state index is 0.0913. The molecular formula is C15H28N2O2S. The highest BCUT2D eigenvalue weighted by Crippen LogP contribution is 2.30. The molecule has 1 aromatic rings. The number of hydrogen-bond donors (Lipinski definition) is 1. The van der Waals surface area contributed by atoms with Crippen molar-refractivity contribution in [2.45, 2.75) is 59.1 Å². The van der Waals surface area contributed by atoms with Crippen LogP contribution in [0.2, 0.25) is 0 Å². The van der Waals surface area contributed by atoms with E-state index >= 15 is 0 Å². The number of nitrogens with zero attached hydrogens (tertiary/aromatic N) is 2. The molecule has 1 N–H and O–H groups in total. The number of hydrogen-bond acceptors (Lipinski definition) is 5. The summed E-state index contributed by atoms with van der Waals surface area (Å²) < 4.78 is 5.23. The van der Waals surface area contributed by atoms with Crippen LogP contribution in [0, 0.1) is 0 Å². The molecule has 0 radical (unpaired) electrons. The van der Waals surface area contributed by atoms with Crippen LogP contribution < -0.4 is 4.90 Å². The van der Waals surface area contributed by atoms with Crippen LogP contribution in [-0.4, -0.2) is 36.4 Å². The molecule has 1 rings (SSSR count). The molecule has 0 atom stereocenters. The van der Waals surface area contributed by atoms with E-state index < -0.39 is 0 Å². The summed E-state index contributed by atoms with van der Waals surface area (Å²) in [6, 6.07) is 0.484. The first-order valence-electron chi connectivity index (χ1n) is 7.56. The van der Waals surface area contributed by atoms with Crippen molar-refractivity contribution in [3.05, 3.63) is 10.6 Å². The van der Waals surface area contributed by atoms with Crippen LogP contribution in [0.5, 0.6) is 0 Å². The van der Waals surface area contributed by atoms with Crippen LogP contribution in [0.15, 0.2) is 0 Å². The van der Waals surface area contributed by atoms with Gasteiger partial charge in [-0.3, -0.25) is 0 Å². The number of aromatic nitrogens is 1. The second-order valence-electron chi connectivity index (χ2n) is 4.93. The molecule has 1 heterocycles. The van der Waals surface area contributed by atoms with Crippen LogP contribution >= 0.6 is 11.3 Å². The van der Waals surface area contributed by atoms with Gasteiger partial charge in [0.15, 0.2) is 5.13 Å². The summed E-state index contributed by atoms with van der Waals surface area (Å²) in [6.45, 7) is 8.21. The van der Waals surface area contributed by atoms with E-state index in [2.05, 4.69) is 25.7 Å². The average molecular weight is 300 g/mol. The molecule has 0 aliphatic rings. The zero-order valence-corrected chi connectivity index (χ0v) is 14.0. The SMILES string of the molecule is CCCc1nc(N(CCOC)C(CC)CC)sc1CO. The standard InChI is InChI=1S/C15H28N2O2S/c1-5-8-13-14(11-18)20-15(16-13)17(9-10-19-4)12(6-2)7-3/h12,18H,5-11H2,1-4H3. The van der Waals surface area contributed by atoms with Gasteiger partial charge < -0.3 is 14.7 Å².